The zero-order valence-electron chi connectivity index (χ0n) is 22.3. The zero-order chi connectivity index (χ0) is 26.6. The molecule has 0 spiro atoms. The topological polar surface area (TPSA) is 110 Å². The molecule has 0 aromatic heterocycles. The molecule has 3 aromatic carbocycles. The SMILES string of the molecule is Cc1cc(OC[C@H](O)CO)cc(C)c1-c1cccc(CNc2ccc3c(c2)CCC3CC2N=NNN2)c1C. The molecular weight excluding hydrogens is 478 g/mol. The van der Waals surface area contributed by atoms with E-state index in [0.29, 0.717) is 11.7 Å². The van der Waals surface area contributed by atoms with E-state index in [0.717, 1.165) is 42.6 Å². The molecule has 1 aliphatic carbocycles. The average molecular weight is 516 g/mol. The summed E-state index contributed by atoms with van der Waals surface area (Å²) in [6, 6.07) is 17.2. The molecular formula is C30H37N5O3. The first-order chi connectivity index (χ1) is 18.4. The van der Waals surface area contributed by atoms with Gasteiger partial charge in [-0.05, 0) is 115 Å². The number of aliphatic hydroxyl groups excluding tert-OH is 2. The highest BCUT2D eigenvalue weighted by Crippen LogP contribution is 2.38. The molecule has 0 radical (unpaired) electrons. The third kappa shape index (κ3) is 5.67. The Morgan fingerprint density at radius 3 is 2.66 bits per heavy atom. The van der Waals surface area contributed by atoms with Crippen LogP contribution >= 0.6 is 0 Å². The van der Waals surface area contributed by atoms with Crippen LogP contribution in [0.3, 0.4) is 0 Å². The summed E-state index contributed by atoms with van der Waals surface area (Å²) in [5, 5.41) is 30.3. The maximum atomic E-state index is 9.61. The van der Waals surface area contributed by atoms with Gasteiger partial charge in [-0.2, -0.15) is 5.43 Å². The van der Waals surface area contributed by atoms with Gasteiger partial charge in [-0.15, -0.1) is 5.11 Å². The van der Waals surface area contributed by atoms with Crippen molar-refractivity contribution in [1.29, 1.82) is 0 Å². The number of ether oxygens (including phenoxy) is 1. The maximum Gasteiger partial charge on any atom is 0.141 e. The van der Waals surface area contributed by atoms with E-state index in [1.807, 2.05) is 12.1 Å². The van der Waals surface area contributed by atoms with Crippen molar-refractivity contribution in [2.24, 2.45) is 10.3 Å². The Hall–Kier alpha value is -3.46. The summed E-state index contributed by atoms with van der Waals surface area (Å²) in [7, 11) is 0. The normalized spacial score (nSPS) is 18.8. The van der Waals surface area contributed by atoms with E-state index >= 15 is 0 Å². The molecule has 0 saturated heterocycles. The van der Waals surface area contributed by atoms with E-state index in [1.54, 1.807) is 0 Å². The molecule has 0 amide bonds. The van der Waals surface area contributed by atoms with Crippen LogP contribution in [0.5, 0.6) is 5.75 Å². The molecule has 2 aliphatic rings. The van der Waals surface area contributed by atoms with Gasteiger partial charge in [0.2, 0.25) is 0 Å². The van der Waals surface area contributed by atoms with Crippen molar-refractivity contribution in [2.45, 2.75) is 64.8 Å². The molecule has 2 unspecified atom stereocenters. The Bertz CT molecular complexity index is 1300. The summed E-state index contributed by atoms with van der Waals surface area (Å²) in [4.78, 5) is 0. The van der Waals surface area contributed by atoms with Gasteiger partial charge >= 0.3 is 0 Å². The Morgan fingerprint density at radius 1 is 1.11 bits per heavy atom. The van der Waals surface area contributed by atoms with Gasteiger partial charge in [0.15, 0.2) is 0 Å². The van der Waals surface area contributed by atoms with Crippen molar-refractivity contribution in [1.82, 2.24) is 11.0 Å². The molecule has 1 heterocycles. The minimum atomic E-state index is -0.882. The van der Waals surface area contributed by atoms with Gasteiger partial charge in [-0.1, -0.05) is 29.5 Å². The predicted molar refractivity (Wildman–Crippen MR) is 149 cm³/mol. The molecule has 200 valence electrons. The molecule has 1 aliphatic heterocycles. The average Bonchev–Trinajstić information content (AvgIpc) is 3.57. The standard InChI is InChI=1S/C30H37N5O3/c1-18-11-26(38-17-25(37)16-36)12-19(2)30(18)27-6-4-5-23(20(27)3)15-31-24-9-10-28-21(13-24)7-8-22(28)14-29-32-34-35-33-29/h4-6,9-13,22,25,29,31,36-37H,7-8,14-17H2,1-3H3,(H,32,35)(H,33,34)/t22?,25-/m1/s1. The second kappa shape index (κ2) is 11.5. The van der Waals surface area contributed by atoms with Crippen molar-refractivity contribution >= 4 is 5.69 Å². The van der Waals surface area contributed by atoms with Crippen LogP contribution in [-0.2, 0) is 13.0 Å². The van der Waals surface area contributed by atoms with E-state index in [-0.39, 0.29) is 19.4 Å². The van der Waals surface area contributed by atoms with Gasteiger partial charge in [-0.25, -0.2) is 5.53 Å². The quantitative estimate of drug-likeness (QED) is 0.264. The number of benzene rings is 3. The summed E-state index contributed by atoms with van der Waals surface area (Å²) in [6.07, 6.45) is 2.37. The summed E-state index contributed by atoms with van der Waals surface area (Å²) < 4.78 is 5.69. The van der Waals surface area contributed by atoms with Crippen molar-refractivity contribution in [3.63, 3.8) is 0 Å². The number of anilines is 1. The van der Waals surface area contributed by atoms with Gasteiger partial charge in [0.05, 0.1) is 6.61 Å². The predicted octanol–water partition coefficient (Wildman–Crippen LogP) is 4.84. The number of aryl methyl sites for hydroxylation is 3. The summed E-state index contributed by atoms with van der Waals surface area (Å²) in [6.45, 7) is 6.86. The van der Waals surface area contributed by atoms with Gasteiger partial charge in [0.25, 0.3) is 0 Å². The number of aliphatic hydroxyl groups is 2. The van der Waals surface area contributed by atoms with Crippen molar-refractivity contribution in [2.75, 3.05) is 18.5 Å². The van der Waals surface area contributed by atoms with E-state index in [2.05, 4.69) is 83.8 Å². The summed E-state index contributed by atoms with van der Waals surface area (Å²) >= 11 is 0. The number of hydrogen-bond donors (Lipinski definition) is 5. The highest BCUT2D eigenvalue weighted by Gasteiger charge is 2.26. The van der Waals surface area contributed by atoms with E-state index in [1.165, 1.54) is 33.4 Å². The van der Waals surface area contributed by atoms with Crippen molar-refractivity contribution in [3.05, 3.63) is 81.9 Å². The Balaban J connectivity index is 1.28. The second-order valence-electron chi connectivity index (χ2n) is 10.4. The van der Waals surface area contributed by atoms with Crippen LogP contribution in [-0.4, -0.2) is 35.7 Å². The molecule has 5 N–H and O–H groups in total. The molecule has 8 heteroatoms. The largest absolute Gasteiger partial charge is 0.491 e. The van der Waals surface area contributed by atoms with Crippen LogP contribution in [0.1, 0.15) is 52.1 Å². The van der Waals surface area contributed by atoms with E-state index in [4.69, 9.17) is 9.84 Å². The minimum Gasteiger partial charge on any atom is -0.491 e. The van der Waals surface area contributed by atoms with Gasteiger partial charge in [-0.3, -0.25) is 0 Å². The first-order valence-corrected chi connectivity index (χ1v) is 13.3. The van der Waals surface area contributed by atoms with E-state index in [9.17, 15) is 5.11 Å². The number of rotatable bonds is 10. The third-order valence-electron chi connectivity index (χ3n) is 7.69. The zero-order valence-corrected chi connectivity index (χ0v) is 22.3. The molecule has 5 rings (SSSR count). The van der Waals surface area contributed by atoms with Crippen LogP contribution in [0, 0.1) is 20.8 Å². The van der Waals surface area contributed by atoms with Crippen LogP contribution in [0.4, 0.5) is 5.69 Å². The maximum absolute atomic E-state index is 9.61. The number of nitrogens with one attached hydrogen (secondary N) is 3. The molecule has 8 nitrogen and oxygen atoms in total. The van der Waals surface area contributed by atoms with Gasteiger partial charge in [0, 0.05) is 12.2 Å². The third-order valence-corrected chi connectivity index (χ3v) is 7.69. The summed E-state index contributed by atoms with van der Waals surface area (Å²) in [5.41, 5.74) is 17.0. The fraction of sp³-hybridized carbons (Fsp3) is 0.400. The van der Waals surface area contributed by atoms with E-state index < -0.39 is 6.10 Å². The number of nitrogens with zero attached hydrogens (tertiary/aromatic N) is 2. The fourth-order valence-corrected chi connectivity index (χ4v) is 5.69. The first kappa shape index (κ1) is 26.2. The number of hydrazine groups is 1. The van der Waals surface area contributed by atoms with Crippen molar-refractivity contribution < 1.29 is 14.9 Å². The van der Waals surface area contributed by atoms with Gasteiger partial charge in [0.1, 0.15) is 24.6 Å². The molecule has 38 heavy (non-hydrogen) atoms. The Kier molecular flexibility index (Phi) is 7.93. The highest BCUT2D eigenvalue weighted by atomic mass is 16.5. The van der Waals surface area contributed by atoms with Crippen LogP contribution in [0.25, 0.3) is 11.1 Å². The summed E-state index contributed by atoms with van der Waals surface area (Å²) in [5.74, 6) is 1.21. The molecule has 0 bridgehead atoms. The smallest absolute Gasteiger partial charge is 0.141 e. The lowest BCUT2D eigenvalue weighted by Crippen LogP contribution is -2.31. The number of fused-ring (bicyclic) bond motifs is 1. The van der Waals surface area contributed by atoms with Gasteiger partial charge < -0.3 is 20.3 Å². The van der Waals surface area contributed by atoms with Crippen LogP contribution in [0.15, 0.2) is 58.9 Å². The van der Waals surface area contributed by atoms with Crippen LogP contribution < -0.4 is 21.0 Å². The number of hydrogen-bond acceptors (Lipinski definition) is 8. The second-order valence-corrected chi connectivity index (χ2v) is 10.4. The lowest BCUT2D eigenvalue weighted by atomic mass is 9.90. The lowest BCUT2D eigenvalue weighted by Gasteiger charge is -2.19. The van der Waals surface area contributed by atoms with Crippen LogP contribution in [0.2, 0.25) is 0 Å². The minimum absolute atomic E-state index is 0.0502. The lowest BCUT2D eigenvalue weighted by molar-refractivity contribution is 0.0536. The molecule has 0 fully saturated rings. The highest BCUT2D eigenvalue weighted by molar-refractivity contribution is 5.75. The Labute approximate surface area is 224 Å². The molecule has 3 aromatic rings. The molecule has 3 atom stereocenters. The molecule has 0 saturated carbocycles. The first-order valence-electron chi connectivity index (χ1n) is 13.3. The Morgan fingerprint density at radius 2 is 1.92 bits per heavy atom. The van der Waals surface area contributed by atoms with Crippen molar-refractivity contribution in [3.8, 4) is 16.9 Å². The fourth-order valence-electron chi connectivity index (χ4n) is 5.69. The monoisotopic (exact) mass is 515 g/mol.